The Bertz CT molecular complexity index is 89.6. The van der Waals surface area contributed by atoms with Crippen molar-refractivity contribution in [1.29, 1.82) is 0 Å². The van der Waals surface area contributed by atoms with Crippen LogP contribution in [0.5, 0.6) is 0 Å². The molecule has 3 heteroatoms. The summed E-state index contributed by atoms with van der Waals surface area (Å²) in [6.07, 6.45) is 0.342. The van der Waals surface area contributed by atoms with Crippen molar-refractivity contribution in [3.8, 4) is 0 Å². The first-order chi connectivity index (χ1) is 4.58. The second-order valence-electron chi connectivity index (χ2n) is 2.30. The van der Waals surface area contributed by atoms with E-state index >= 15 is 0 Å². The van der Waals surface area contributed by atoms with E-state index < -0.39 is 5.91 Å². The van der Waals surface area contributed by atoms with Crippen LogP contribution in [0.25, 0.3) is 0 Å². The molecule has 0 rings (SSSR count). The van der Waals surface area contributed by atoms with Gasteiger partial charge in [0, 0.05) is 19.5 Å². The van der Waals surface area contributed by atoms with Crippen molar-refractivity contribution in [2.24, 2.45) is 0 Å². The smallest absolute Gasteiger partial charge is 0.224 e. The van der Waals surface area contributed by atoms with Gasteiger partial charge in [-0.3, -0.25) is 4.90 Å². The van der Waals surface area contributed by atoms with Crippen LogP contribution in [0.3, 0.4) is 0 Å². The van der Waals surface area contributed by atoms with E-state index in [1.165, 1.54) is 0 Å². The predicted molar refractivity (Wildman–Crippen MR) is 40.4 cm³/mol. The summed E-state index contributed by atoms with van der Waals surface area (Å²) in [4.78, 5) is 1.60. The minimum absolute atomic E-state index is 0.342. The lowest BCUT2D eigenvalue weighted by atomic mass is 10.3. The van der Waals surface area contributed by atoms with E-state index in [2.05, 4.69) is 0 Å². The van der Waals surface area contributed by atoms with Crippen LogP contribution in [0.4, 0.5) is 0 Å². The van der Waals surface area contributed by atoms with Crippen LogP contribution in [0, 0.1) is 0 Å². The molecule has 0 amide bonds. The molecule has 0 aliphatic heterocycles. The van der Waals surface area contributed by atoms with E-state index in [1.807, 2.05) is 13.8 Å². The zero-order valence-electron chi connectivity index (χ0n) is 6.96. The molecule has 0 aliphatic rings. The summed E-state index contributed by atoms with van der Waals surface area (Å²) in [7, 11) is 0. The summed E-state index contributed by atoms with van der Waals surface area (Å²) in [6.45, 7) is 6.88. The lowest BCUT2D eigenvalue weighted by Crippen LogP contribution is -2.47. The molecule has 0 atom stereocenters. The standard InChI is InChI=1S/C7H17NO2/c1-4-7(9,10)8(5-2)6-3/h9-10H,4-6H2,1-3H3. The van der Waals surface area contributed by atoms with E-state index in [4.69, 9.17) is 0 Å². The topological polar surface area (TPSA) is 43.7 Å². The zero-order valence-corrected chi connectivity index (χ0v) is 6.96. The highest BCUT2D eigenvalue weighted by Gasteiger charge is 2.26. The van der Waals surface area contributed by atoms with Gasteiger partial charge in [-0.2, -0.15) is 0 Å². The Kier molecular flexibility index (Phi) is 3.86. The van der Waals surface area contributed by atoms with Crippen LogP contribution in [0.1, 0.15) is 27.2 Å². The van der Waals surface area contributed by atoms with Gasteiger partial charge in [0.2, 0.25) is 5.91 Å². The minimum Gasteiger partial charge on any atom is -0.353 e. The van der Waals surface area contributed by atoms with Crippen molar-refractivity contribution in [3.63, 3.8) is 0 Å². The lowest BCUT2D eigenvalue weighted by Gasteiger charge is -2.32. The molecule has 0 saturated heterocycles. The average Bonchev–Trinajstić information content (AvgIpc) is 1.90. The molecule has 0 aromatic rings. The van der Waals surface area contributed by atoms with Gasteiger partial charge in [0.1, 0.15) is 0 Å². The van der Waals surface area contributed by atoms with E-state index in [0.717, 1.165) is 0 Å². The van der Waals surface area contributed by atoms with Crippen LogP contribution in [-0.4, -0.2) is 34.1 Å². The molecule has 62 valence electrons. The van der Waals surface area contributed by atoms with Crippen LogP contribution < -0.4 is 0 Å². The molecule has 10 heavy (non-hydrogen) atoms. The summed E-state index contributed by atoms with van der Waals surface area (Å²) < 4.78 is 0. The van der Waals surface area contributed by atoms with Crippen LogP contribution in [0.2, 0.25) is 0 Å². The van der Waals surface area contributed by atoms with Crippen molar-refractivity contribution < 1.29 is 10.2 Å². The van der Waals surface area contributed by atoms with Crippen molar-refractivity contribution in [3.05, 3.63) is 0 Å². The first-order valence-electron chi connectivity index (χ1n) is 3.78. The van der Waals surface area contributed by atoms with E-state index in [-0.39, 0.29) is 0 Å². The third-order valence-electron chi connectivity index (χ3n) is 1.74. The Labute approximate surface area is 62.3 Å². The van der Waals surface area contributed by atoms with Crippen molar-refractivity contribution in [2.75, 3.05) is 13.1 Å². The Morgan fingerprint density at radius 1 is 1.10 bits per heavy atom. The van der Waals surface area contributed by atoms with E-state index in [0.29, 0.717) is 19.5 Å². The quantitative estimate of drug-likeness (QED) is 0.565. The average molecular weight is 147 g/mol. The monoisotopic (exact) mass is 147 g/mol. The van der Waals surface area contributed by atoms with Crippen molar-refractivity contribution in [1.82, 2.24) is 4.90 Å². The van der Waals surface area contributed by atoms with Gasteiger partial charge in [-0.15, -0.1) is 0 Å². The van der Waals surface area contributed by atoms with Gasteiger partial charge in [-0.1, -0.05) is 20.8 Å². The maximum Gasteiger partial charge on any atom is 0.224 e. The highest BCUT2D eigenvalue weighted by molar-refractivity contribution is 4.62. The number of rotatable bonds is 4. The first-order valence-corrected chi connectivity index (χ1v) is 3.78. The fourth-order valence-electron chi connectivity index (χ4n) is 0.954. The van der Waals surface area contributed by atoms with Gasteiger partial charge in [-0.05, 0) is 0 Å². The molecule has 0 radical (unpaired) electrons. The molecular formula is C7H17NO2. The molecule has 0 aliphatic carbocycles. The fraction of sp³-hybridized carbons (Fsp3) is 1.00. The van der Waals surface area contributed by atoms with Gasteiger partial charge >= 0.3 is 0 Å². The number of hydrogen-bond acceptors (Lipinski definition) is 3. The molecule has 0 fully saturated rings. The molecule has 0 saturated carbocycles. The second-order valence-corrected chi connectivity index (χ2v) is 2.30. The number of hydrogen-bond donors (Lipinski definition) is 2. The molecule has 0 spiro atoms. The molecule has 0 aromatic heterocycles. The molecular weight excluding hydrogens is 130 g/mol. The van der Waals surface area contributed by atoms with E-state index in [1.54, 1.807) is 11.8 Å². The summed E-state index contributed by atoms with van der Waals surface area (Å²) in [6, 6.07) is 0. The lowest BCUT2D eigenvalue weighted by molar-refractivity contribution is -0.262. The molecule has 0 unspecified atom stereocenters. The molecule has 2 N–H and O–H groups in total. The molecule has 0 aromatic carbocycles. The number of nitrogens with zero attached hydrogens (tertiary/aromatic N) is 1. The summed E-state index contributed by atoms with van der Waals surface area (Å²) in [5.41, 5.74) is 0. The third-order valence-corrected chi connectivity index (χ3v) is 1.74. The van der Waals surface area contributed by atoms with Gasteiger partial charge in [0.05, 0.1) is 0 Å². The van der Waals surface area contributed by atoms with Gasteiger partial charge in [0.25, 0.3) is 0 Å². The molecule has 0 bridgehead atoms. The van der Waals surface area contributed by atoms with Gasteiger partial charge < -0.3 is 10.2 Å². The zero-order chi connectivity index (χ0) is 8.20. The second kappa shape index (κ2) is 3.91. The minimum atomic E-state index is -1.61. The largest absolute Gasteiger partial charge is 0.353 e. The Balaban J connectivity index is 3.97. The number of aliphatic hydroxyl groups is 2. The van der Waals surface area contributed by atoms with Crippen LogP contribution in [-0.2, 0) is 0 Å². The van der Waals surface area contributed by atoms with Crippen LogP contribution >= 0.6 is 0 Å². The maximum absolute atomic E-state index is 9.26. The Morgan fingerprint density at radius 2 is 1.50 bits per heavy atom. The molecule has 0 heterocycles. The Morgan fingerprint density at radius 3 is 1.60 bits per heavy atom. The maximum atomic E-state index is 9.26. The van der Waals surface area contributed by atoms with E-state index in [9.17, 15) is 10.2 Å². The van der Waals surface area contributed by atoms with Crippen molar-refractivity contribution >= 4 is 0 Å². The van der Waals surface area contributed by atoms with Gasteiger partial charge in [0.15, 0.2) is 0 Å². The third kappa shape index (κ3) is 2.25. The normalized spacial score (nSPS) is 12.6. The Hall–Kier alpha value is -0.120. The summed E-state index contributed by atoms with van der Waals surface area (Å²) in [5, 5.41) is 18.5. The summed E-state index contributed by atoms with van der Waals surface area (Å²) >= 11 is 0. The highest BCUT2D eigenvalue weighted by atomic mass is 16.5. The van der Waals surface area contributed by atoms with Crippen LogP contribution in [0.15, 0.2) is 0 Å². The predicted octanol–water partition coefficient (Wildman–Crippen LogP) is 0.377. The fourth-order valence-corrected chi connectivity index (χ4v) is 0.954. The van der Waals surface area contributed by atoms with Crippen molar-refractivity contribution in [2.45, 2.75) is 33.1 Å². The highest BCUT2D eigenvalue weighted by Crippen LogP contribution is 2.10. The summed E-state index contributed by atoms with van der Waals surface area (Å²) in [5.74, 6) is -1.61. The molecule has 3 nitrogen and oxygen atoms in total. The van der Waals surface area contributed by atoms with Gasteiger partial charge in [-0.25, -0.2) is 0 Å². The SMILES string of the molecule is CCN(CC)C(O)(O)CC. The first kappa shape index (κ1) is 9.88.